The Balaban J connectivity index is 2.45. The topological polar surface area (TPSA) is 101 Å². The van der Waals surface area contributed by atoms with E-state index >= 15 is 0 Å². The molecule has 140 valence electrons. The number of benzene rings is 1. The van der Waals surface area contributed by atoms with Gasteiger partial charge in [-0.2, -0.15) is 4.31 Å². The van der Waals surface area contributed by atoms with Gasteiger partial charge in [-0.3, -0.25) is 4.79 Å². The molecule has 1 aliphatic rings. The van der Waals surface area contributed by atoms with E-state index in [9.17, 15) is 21.6 Å². The third-order valence-electron chi connectivity index (χ3n) is 3.48. The fourth-order valence-corrected chi connectivity index (χ4v) is 7.17. The van der Waals surface area contributed by atoms with Crippen molar-refractivity contribution in [3.05, 3.63) is 24.3 Å². The van der Waals surface area contributed by atoms with Gasteiger partial charge in [-0.25, -0.2) is 16.8 Å². The van der Waals surface area contributed by atoms with Gasteiger partial charge in [0, 0.05) is 17.5 Å². The molecule has 1 amide bonds. The first-order chi connectivity index (χ1) is 11.3. The Morgan fingerprint density at radius 3 is 2.24 bits per heavy atom. The van der Waals surface area contributed by atoms with Gasteiger partial charge in [0.1, 0.15) is 10.9 Å². The minimum absolute atomic E-state index is 0.0999. The number of hydrogen-bond acceptors (Lipinski definition) is 6. The van der Waals surface area contributed by atoms with Gasteiger partial charge in [-0.05, 0) is 32.9 Å². The number of amides is 1. The van der Waals surface area contributed by atoms with Gasteiger partial charge in [0.25, 0.3) is 0 Å². The van der Waals surface area contributed by atoms with E-state index < -0.39 is 37.3 Å². The summed E-state index contributed by atoms with van der Waals surface area (Å²) in [6.07, 6.45) is 0.962. The van der Waals surface area contributed by atoms with Gasteiger partial charge < -0.3 is 5.32 Å². The van der Waals surface area contributed by atoms with Crippen LogP contribution in [0.1, 0.15) is 20.8 Å². The lowest BCUT2D eigenvalue weighted by molar-refractivity contribution is -0.125. The van der Waals surface area contributed by atoms with Crippen molar-refractivity contribution in [3.63, 3.8) is 0 Å². The fraction of sp³-hybridized carbons (Fsp3) is 0.533. The van der Waals surface area contributed by atoms with Gasteiger partial charge >= 0.3 is 0 Å². The summed E-state index contributed by atoms with van der Waals surface area (Å²) in [6, 6.07) is 4.58. The van der Waals surface area contributed by atoms with Gasteiger partial charge in [0.2, 0.25) is 15.9 Å². The number of rotatable bonds is 4. The Labute approximate surface area is 153 Å². The van der Waals surface area contributed by atoms with Crippen molar-refractivity contribution in [1.29, 1.82) is 0 Å². The molecule has 0 aromatic heterocycles. The quantitative estimate of drug-likeness (QED) is 0.803. The van der Waals surface area contributed by atoms with E-state index in [1.165, 1.54) is 36.0 Å². The molecule has 1 fully saturated rings. The Morgan fingerprint density at radius 1 is 1.16 bits per heavy atom. The summed E-state index contributed by atoms with van der Waals surface area (Å²) < 4.78 is 51.1. The van der Waals surface area contributed by atoms with E-state index in [-0.39, 0.29) is 15.7 Å². The second kappa shape index (κ2) is 6.90. The van der Waals surface area contributed by atoms with Crippen LogP contribution in [0.3, 0.4) is 0 Å². The Bertz CT molecular complexity index is 873. The normalized spacial score (nSPS) is 19.8. The third-order valence-corrected chi connectivity index (χ3v) is 7.85. The highest BCUT2D eigenvalue weighted by atomic mass is 32.2. The molecule has 0 aliphatic carbocycles. The number of sulfone groups is 1. The standard InChI is InChI=1S/C15H22N2O5S3/c1-15(2,3)16-14(18)11-9-23-10-17(11)25(21,22)13-8-6-5-7-12(13)24(4,19)20/h5-8,11H,9-10H2,1-4H3,(H,16,18)/t11-/m1/s1. The van der Waals surface area contributed by atoms with Crippen molar-refractivity contribution in [2.45, 2.75) is 42.1 Å². The number of carbonyl (C=O) groups excluding carboxylic acids is 1. The Morgan fingerprint density at radius 2 is 1.72 bits per heavy atom. The second-order valence-electron chi connectivity index (χ2n) is 6.87. The molecule has 1 saturated heterocycles. The molecule has 1 aromatic carbocycles. The fourth-order valence-electron chi connectivity index (χ4n) is 2.42. The van der Waals surface area contributed by atoms with E-state index in [2.05, 4.69) is 5.32 Å². The van der Waals surface area contributed by atoms with Crippen molar-refractivity contribution >= 4 is 37.5 Å². The van der Waals surface area contributed by atoms with Crippen LogP contribution in [0.5, 0.6) is 0 Å². The molecule has 2 rings (SSSR count). The molecule has 25 heavy (non-hydrogen) atoms. The molecule has 0 bridgehead atoms. The third kappa shape index (κ3) is 4.55. The van der Waals surface area contributed by atoms with Gasteiger partial charge in [0.05, 0.1) is 10.8 Å². The van der Waals surface area contributed by atoms with E-state index in [0.717, 1.165) is 10.6 Å². The van der Waals surface area contributed by atoms with Crippen LogP contribution in [-0.2, 0) is 24.7 Å². The summed E-state index contributed by atoms with van der Waals surface area (Å²) in [6.45, 7) is 5.43. The average Bonchev–Trinajstić information content (AvgIpc) is 2.95. The first-order valence-electron chi connectivity index (χ1n) is 7.55. The van der Waals surface area contributed by atoms with Gasteiger partial charge in [0.15, 0.2) is 9.84 Å². The minimum atomic E-state index is -4.13. The van der Waals surface area contributed by atoms with Crippen LogP contribution in [-0.4, -0.2) is 56.5 Å². The molecule has 0 saturated carbocycles. The summed E-state index contributed by atoms with van der Waals surface area (Å²) in [7, 11) is -7.86. The van der Waals surface area contributed by atoms with Crippen molar-refractivity contribution in [2.24, 2.45) is 0 Å². The van der Waals surface area contributed by atoms with Crippen molar-refractivity contribution in [2.75, 3.05) is 17.9 Å². The van der Waals surface area contributed by atoms with Crippen LogP contribution >= 0.6 is 11.8 Å². The predicted molar refractivity (Wildman–Crippen MR) is 97.6 cm³/mol. The molecule has 0 radical (unpaired) electrons. The molecule has 0 spiro atoms. The van der Waals surface area contributed by atoms with Gasteiger partial charge in [-0.15, -0.1) is 11.8 Å². The molecule has 7 nitrogen and oxygen atoms in total. The van der Waals surface area contributed by atoms with E-state index in [1.54, 1.807) is 0 Å². The van der Waals surface area contributed by atoms with Gasteiger partial charge in [-0.1, -0.05) is 12.1 Å². The maximum atomic E-state index is 13.1. The largest absolute Gasteiger partial charge is 0.350 e. The summed E-state index contributed by atoms with van der Waals surface area (Å²) in [4.78, 5) is 11.9. The Hall–Kier alpha value is -1.10. The second-order valence-corrected chi connectivity index (χ2v) is 11.7. The lowest BCUT2D eigenvalue weighted by atomic mass is 10.1. The molecular weight excluding hydrogens is 384 g/mol. The lowest BCUT2D eigenvalue weighted by Gasteiger charge is -2.27. The average molecular weight is 407 g/mol. The highest BCUT2D eigenvalue weighted by molar-refractivity contribution is 8.00. The van der Waals surface area contributed by atoms with Crippen LogP contribution in [0, 0.1) is 0 Å². The summed E-state index contributed by atoms with van der Waals surface area (Å²) >= 11 is 1.32. The molecule has 1 aromatic rings. The number of nitrogens with one attached hydrogen (secondary N) is 1. The van der Waals surface area contributed by atoms with Crippen molar-refractivity contribution in [3.8, 4) is 0 Å². The van der Waals surface area contributed by atoms with E-state index in [4.69, 9.17) is 0 Å². The highest BCUT2D eigenvalue weighted by Crippen LogP contribution is 2.31. The maximum Gasteiger partial charge on any atom is 0.245 e. The van der Waals surface area contributed by atoms with Crippen LogP contribution in [0.25, 0.3) is 0 Å². The summed E-state index contributed by atoms with van der Waals surface area (Å²) in [5, 5.41) is 2.78. The monoisotopic (exact) mass is 406 g/mol. The number of thioether (sulfide) groups is 1. The summed E-state index contributed by atoms with van der Waals surface area (Å²) in [5.74, 6) is 0.0307. The van der Waals surface area contributed by atoms with Crippen molar-refractivity contribution in [1.82, 2.24) is 9.62 Å². The number of carbonyl (C=O) groups is 1. The summed E-state index contributed by atoms with van der Waals surface area (Å²) in [5.41, 5.74) is -0.496. The van der Waals surface area contributed by atoms with E-state index in [0.29, 0.717) is 5.75 Å². The predicted octanol–water partition coefficient (Wildman–Crippen LogP) is 1.07. The van der Waals surface area contributed by atoms with Crippen LogP contribution in [0.2, 0.25) is 0 Å². The minimum Gasteiger partial charge on any atom is -0.350 e. The number of sulfonamides is 1. The smallest absolute Gasteiger partial charge is 0.245 e. The van der Waals surface area contributed by atoms with Crippen LogP contribution in [0.4, 0.5) is 0 Å². The number of hydrogen-bond donors (Lipinski definition) is 1. The zero-order valence-electron chi connectivity index (χ0n) is 14.5. The van der Waals surface area contributed by atoms with Crippen molar-refractivity contribution < 1.29 is 21.6 Å². The lowest BCUT2D eigenvalue weighted by Crippen LogP contribution is -2.52. The Kier molecular flexibility index (Phi) is 5.58. The van der Waals surface area contributed by atoms with Crippen LogP contribution < -0.4 is 5.32 Å². The molecule has 1 heterocycles. The zero-order valence-corrected chi connectivity index (χ0v) is 17.0. The molecule has 10 heteroatoms. The molecule has 1 atom stereocenters. The zero-order chi connectivity index (χ0) is 19.0. The SMILES string of the molecule is CC(C)(C)NC(=O)[C@H]1CSCN1S(=O)(=O)c1ccccc1S(C)(=O)=O. The maximum absolute atomic E-state index is 13.1. The highest BCUT2D eigenvalue weighted by Gasteiger charge is 2.42. The van der Waals surface area contributed by atoms with Crippen LogP contribution in [0.15, 0.2) is 34.1 Å². The molecule has 1 N–H and O–H groups in total. The number of nitrogens with zero attached hydrogens (tertiary/aromatic N) is 1. The molecule has 0 unspecified atom stereocenters. The first-order valence-corrected chi connectivity index (χ1v) is 12.0. The van der Waals surface area contributed by atoms with E-state index in [1.807, 2.05) is 20.8 Å². The first kappa shape index (κ1) is 20.2. The molecular formula is C15H22N2O5S3. The molecule has 1 aliphatic heterocycles.